The molecule has 0 radical (unpaired) electrons. The SMILES string of the molecule is Cn1cc(CN2CCN(c3ncnc4ncccc34)CC2)cn1. The molecule has 0 amide bonds. The molecule has 1 aliphatic heterocycles. The second kappa shape index (κ2) is 5.92. The summed E-state index contributed by atoms with van der Waals surface area (Å²) in [6, 6.07) is 3.98. The van der Waals surface area contributed by atoms with Crippen LogP contribution in [0.1, 0.15) is 5.56 Å². The highest BCUT2D eigenvalue weighted by Gasteiger charge is 2.20. The van der Waals surface area contributed by atoms with Crippen molar-refractivity contribution in [3.05, 3.63) is 42.6 Å². The summed E-state index contributed by atoms with van der Waals surface area (Å²) >= 11 is 0. The molecule has 0 saturated carbocycles. The van der Waals surface area contributed by atoms with Crippen molar-refractivity contribution in [3.8, 4) is 0 Å². The van der Waals surface area contributed by atoms with Crippen LogP contribution in [-0.2, 0) is 13.6 Å². The number of fused-ring (bicyclic) bond motifs is 1. The van der Waals surface area contributed by atoms with Crippen molar-refractivity contribution in [2.45, 2.75) is 6.54 Å². The summed E-state index contributed by atoms with van der Waals surface area (Å²) < 4.78 is 1.85. The molecule has 0 atom stereocenters. The number of anilines is 1. The van der Waals surface area contributed by atoms with Crippen LogP contribution in [0.2, 0.25) is 0 Å². The molecule has 1 fully saturated rings. The Balaban J connectivity index is 1.46. The van der Waals surface area contributed by atoms with Crippen LogP contribution in [0.15, 0.2) is 37.1 Å². The first-order valence-electron chi connectivity index (χ1n) is 7.80. The van der Waals surface area contributed by atoms with Gasteiger partial charge in [0.25, 0.3) is 0 Å². The molecule has 7 nitrogen and oxygen atoms in total. The second-order valence-corrected chi connectivity index (χ2v) is 5.86. The lowest BCUT2D eigenvalue weighted by Crippen LogP contribution is -2.46. The highest BCUT2D eigenvalue weighted by atomic mass is 15.3. The maximum atomic E-state index is 4.49. The van der Waals surface area contributed by atoms with Gasteiger partial charge >= 0.3 is 0 Å². The number of aromatic nitrogens is 5. The summed E-state index contributed by atoms with van der Waals surface area (Å²) in [5.74, 6) is 0.990. The monoisotopic (exact) mass is 309 g/mol. The molecule has 4 heterocycles. The van der Waals surface area contributed by atoms with Crippen LogP contribution >= 0.6 is 0 Å². The Morgan fingerprint density at radius 2 is 1.96 bits per heavy atom. The van der Waals surface area contributed by atoms with E-state index < -0.39 is 0 Å². The van der Waals surface area contributed by atoms with Gasteiger partial charge in [0.2, 0.25) is 0 Å². The van der Waals surface area contributed by atoms with Crippen molar-refractivity contribution in [1.82, 2.24) is 29.6 Å². The largest absolute Gasteiger partial charge is 0.353 e. The molecule has 0 bridgehead atoms. The molecule has 3 aromatic rings. The van der Waals surface area contributed by atoms with Gasteiger partial charge < -0.3 is 4.90 Å². The number of hydrogen-bond acceptors (Lipinski definition) is 6. The first-order chi connectivity index (χ1) is 11.3. The Morgan fingerprint density at radius 3 is 2.74 bits per heavy atom. The van der Waals surface area contributed by atoms with Crippen LogP contribution in [0.25, 0.3) is 11.0 Å². The summed E-state index contributed by atoms with van der Waals surface area (Å²) in [5, 5.41) is 5.26. The van der Waals surface area contributed by atoms with Crippen molar-refractivity contribution in [1.29, 1.82) is 0 Å². The smallest absolute Gasteiger partial charge is 0.164 e. The summed E-state index contributed by atoms with van der Waals surface area (Å²) in [5.41, 5.74) is 2.02. The lowest BCUT2D eigenvalue weighted by molar-refractivity contribution is 0.249. The van der Waals surface area contributed by atoms with Gasteiger partial charge in [-0.3, -0.25) is 9.58 Å². The minimum absolute atomic E-state index is 0.760. The molecule has 1 aliphatic rings. The van der Waals surface area contributed by atoms with Gasteiger partial charge in [0.1, 0.15) is 12.1 Å². The zero-order chi connectivity index (χ0) is 15.6. The van der Waals surface area contributed by atoms with E-state index in [2.05, 4.69) is 36.0 Å². The first kappa shape index (κ1) is 14.1. The van der Waals surface area contributed by atoms with Crippen LogP contribution in [0.3, 0.4) is 0 Å². The average Bonchev–Trinajstić information content (AvgIpc) is 3.00. The van der Waals surface area contributed by atoms with Gasteiger partial charge in [0.15, 0.2) is 5.65 Å². The Bertz CT molecular complexity index is 800. The molecule has 0 spiro atoms. The Labute approximate surface area is 134 Å². The van der Waals surface area contributed by atoms with Gasteiger partial charge in [0.05, 0.1) is 11.6 Å². The Morgan fingerprint density at radius 1 is 1.09 bits per heavy atom. The molecule has 3 aromatic heterocycles. The highest BCUT2D eigenvalue weighted by molar-refractivity contribution is 5.86. The number of hydrogen-bond donors (Lipinski definition) is 0. The van der Waals surface area contributed by atoms with Gasteiger partial charge in [-0.15, -0.1) is 0 Å². The standard InChI is InChI=1S/C16H19N7/c1-21-10-13(9-20-21)11-22-5-7-23(8-6-22)16-14-3-2-4-17-15(14)18-12-19-16/h2-4,9-10,12H,5-8,11H2,1H3. The minimum atomic E-state index is 0.760. The van der Waals surface area contributed by atoms with Crippen LogP contribution in [0, 0.1) is 0 Å². The summed E-state index contributed by atoms with van der Waals surface area (Å²) in [6.07, 6.45) is 7.39. The Kier molecular flexibility index (Phi) is 3.63. The van der Waals surface area contributed by atoms with E-state index in [0.29, 0.717) is 0 Å². The predicted molar refractivity (Wildman–Crippen MR) is 88.0 cm³/mol. The molecule has 0 aliphatic carbocycles. The van der Waals surface area contributed by atoms with E-state index in [1.54, 1.807) is 12.5 Å². The number of nitrogens with zero attached hydrogens (tertiary/aromatic N) is 7. The average molecular weight is 309 g/mol. The molecule has 118 valence electrons. The molecule has 0 aromatic carbocycles. The van der Waals surface area contributed by atoms with Crippen molar-refractivity contribution >= 4 is 16.9 Å². The van der Waals surface area contributed by atoms with E-state index in [1.165, 1.54) is 5.56 Å². The lowest BCUT2D eigenvalue weighted by atomic mass is 10.2. The van der Waals surface area contributed by atoms with Gasteiger partial charge in [-0.25, -0.2) is 15.0 Å². The van der Waals surface area contributed by atoms with Crippen molar-refractivity contribution in [2.24, 2.45) is 7.05 Å². The molecule has 23 heavy (non-hydrogen) atoms. The van der Waals surface area contributed by atoms with Crippen molar-refractivity contribution in [2.75, 3.05) is 31.1 Å². The van der Waals surface area contributed by atoms with Gasteiger partial charge in [0, 0.05) is 57.7 Å². The molecule has 7 heteroatoms. The van der Waals surface area contributed by atoms with E-state index in [9.17, 15) is 0 Å². The summed E-state index contributed by atoms with van der Waals surface area (Å²) in [6.45, 7) is 4.90. The quantitative estimate of drug-likeness (QED) is 0.721. The van der Waals surface area contributed by atoms with E-state index in [1.807, 2.05) is 30.1 Å². The van der Waals surface area contributed by atoms with Crippen LogP contribution < -0.4 is 4.90 Å². The minimum Gasteiger partial charge on any atom is -0.353 e. The van der Waals surface area contributed by atoms with E-state index in [-0.39, 0.29) is 0 Å². The fourth-order valence-electron chi connectivity index (χ4n) is 3.06. The molecule has 0 unspecified atom stereocenters. The molecular weight excluding hydrogens is 290 g/mol. The third-order valence-corrected chi connectivity index (χ3v) is 4.22. The van der Waals surface area contributed by atoms with Gasteiger partial charge in [-0.05, 0) is 12.1 Å². The van der Waals surface area contributed by atoms with E-state index in [0.717, 1.165) is 49.6 Å². The second-order valence-electron chi connectivity index (χ2n) is 5.86. The number of rotatable bonds is 3. The van der Waals surface area contributed by atoms with Crippen molar-refractivity contribution < 1.29 is 0 Å². The first-order valence-corrected chi connectivity index (χ1v) is 7.80. The zero-order valence-electron chi connectivity index (χ0n) is 13.1. The third-order valence-electron chi connectivity index (χ3n) is 4.22. The van der Waals surface area contributed by atoms with Crippen LogP contribution in [0.4, 0.5) is 5.82 Å². The summed E-state index contributed by atoms with van der Waals surface area (Å²) in [4.78, 5) is 17.8. The lowest BCUT2D eigenvalue weighted by Gasteiger charge is -2.35. The summed E-state index contributed by atoms with van der Waals surface area (Å²) in [7, 11) is 1.95. The van der Waals surface area contributed by atoms with Gasteiger partial charge in [-0.1, -0.05) is 0 Å². The van der Waals surface area contributed by atoms with Gasteiger partial charge in [-0.2, -0.15) is 5.10 Å². The number of aryl methyl sites for hydroxylation is 1. The van der Waals surface area contributed by atoms with Crippen molar-refractivity contribution in [3.63, 3.8) is 0 Å². The highest BCUT2D eigenvalue weighted by Crippen LogP contribution is 2.22. The topological polar surface area (TPSA) is 63.0 Å². The zero-order valence-corrected chi connectivity index (χ0v) is 13.1. The van der Waals surface area contributed by atoms with E-state index in [4.69, 9.17) is 0 Å². The Hall–Kier alpha value is -2.54. The maximum absolute atomic E-state index is 4.49. The normalized spacial score (nSPS) is 16.1. The van der Waals surface area contributed by atoms with E-state index >= 15 is 0 Å². The molecule has 4 rings (SSSR count). The fourth-order valence-corrected chi connectivity index (χ4v) is 3.06. The number of pyridine rings is 1. The molecule has 1 saturated heterocycles. The number of piperazine rings is 1. The van der Waals surface area contributed by atoms with Crippen LogP contribution in [0.5, 0.6) is 0 Å². The van der Waals surface area contributed by atoms with Crippen LogP contribution in [-0.4, -0.2) is 55.8 Å². The maximum Gasteiger partial charge on any atom is 0.164 e. The predicted octanol–water partition coefficient (Wildman–Crippen LogP) is 1.08. The third kappa shape index (κ3) is 2.87. The molecular formula is C16H19N7. The molecule has 0 N–H and O–H groups in total. The fraction of sp³-hybridized carbons (Fsp3) is 0.375.